The Bertz CT molecular complexity index is 1680. The van der Waals surface area contributed by atoms with Gasteiger partial charge in [0, 0.05) is 18.8 Å². The average molecular weight is 738 g/mol. The Kier molecular flexibility index (Phi) is 14.4. The summed E-state index contributed by atoms with van der Waals surface area (Å²) in [5.41, 5.74) is 3.11. The minimum absolute atomic E-state index is 0.00901. The van der Waals surface area contributed by atoms with Crippen LogP contribution in [0.5, 0.6) is 0 Å². The Hall–Kier alpha value is -4.22. The highest BCUT2D eigenvalue weighted by atomic mass is 31.2. The summed E-state index contributed by atoms with van der Waals surface area (Å²) >= 11 is 0. The van der Waals surface area contributed by atoms with Crippen LogP contribution < -0.4 is 15.5 Å². The first-order valence-corrected chi connectivity index (χ1v) is 19.3. The molecular formula is C39H52N3O9P. The molecule has 0 aliphatic heterocycles. The molecule has 52 heavy (non-hydrogen) atoms. The van der Waals surface area contributed by atoms with Gasteiger partial charge in [-0.15, -0.1) is 0 Å². The van der Waals surface area contributed by atoms with E-state index in [2.05, 4.69) is 43.2 Å². The third kappa shape index (κ3) is 12.5. The number of ether oxygens (including phenoxy) is 2. The minimum Gasteiger partial charge on any atom is -0.428 e. The van der Waals surface area contributed by atoms with Gasteiger partial charge >= 0.3 is 25.8 Å². The number of carbonyl (C=O) groups is 3. The molecule has 1 aliphatic rings. The minimum atomic E-state index is -4.58. The molecule has 0 spiro atoms. The molecule has 3 N–H and O–H groups in total. The number of phosphoric acid groups is 1. The van der Waals surface area contributed by atoms with E-state index in [1.54, 1.807) is 30.3 Å². The lowest BCUT2D eigenvalue weighted by atomic mass is 9.92. The Morgan fingerprint density at radius 3 is 2.15 bits per heavy atom. The summed E-state index contributed by atoms with van der Waals surface area (Å²) in [5.74, 6) is -1.01. The van der Waals surface area contributed by atoms with Crippen LogP contribution >= 0.6 is 7.82 Å². The number of aryl methyl sites for hydroxylation is 1. The molecule has 1 saturated carbocycles. The van der Waals surface area contributed by atoms with Crippen molar-refractivity contribution in [1.29, 1.82) is 0 Å². The van der Waals surface area contributed by atoms with E-state index in [1.807, 2.05) is 56.3 Å². The smallest absolute Gasteiger partial charge is 0.428 e. The number of nitrogens with one attached hydrogen (secondary N) is 2. The van der Waals surface area contributed by atoms with Crippen molar-refractivity contribution in [3.63, 3.8) is 0 Å². The van der Waals surface area contributed by atoms with Crippen molar-refractivity contribution in [1.82, 2.24) is 0 Å². The third-order valence-corrected chi connectivity index (χ3v) is 9.52. The number of nitrogens with zero attached hydrogens (tertiary/aromatic N) is 1. The van der Waals surface area contributed by atoms with Crippen molar-refractivity contribution in [2.45, 2.75) is 85.4 Å². The molecule has 3 aromatic carbocycles. The molecule has 2 amide bonds. The van der Waals surface area contributed by atoms with Crippen LogP contribution in [-0.4, -0.2) is 48.3 Å². The van der Waals surface area contributed by atoms with Crippen molar-refractivity contribution in [2.24, 2.45) is 11.8 Å². The molecule has 0 aromatic heterocycles. The second kappa shape index (κ2) is 18.5. The van der Waals surface area contributed by atoms with Gasteiger partial charge in [0.2, 0.25) is 6.79 Å². The highest BCUT2D eigenvalue weighted by Crippen LogP contribution is 2.56. The standard InChI is InChI=1S/C39H52N3O9P/c1-7-31(22-36(43)48-26-49-37(44)39(19-20-39)51-52(46,47)50-25-30-11-9-8-10-12-30)32-15-18-35(42(23-27(2)3)24-28(4)5)34(21-32)41-38(45)40-33-16-13-29(6)14-17-33/h8-18,21,27-28,31H,7,19-20,22-26H2,1-6H3,(H,46,47)(H2,40,41,45)/t31-/m0/s1. The second-order valence-corrected chi connectivity index (χ2v) is 15.5. The van der Waals surface area contributed by atoms with Crippen LogP contribution in [0.25, 0.3) is 0 Å². The van der Waals surface area contributed by atoms with Gasteiger partial charge in [0.1, 0.15) is 0 Å². The zero-order chi connectivity index (χ0) is 37.9. The Balaban J connectivity index is 1.39. The van der Waals surface area contributed by atoms with Crippen molar-refractivity contribution < 1.29 is 42.4 Å². The monoisotopic (exact) mass is 737 g/mol. The van der Waals surface area contributed by atoms with Gasteiger partial charge in [-0.25, -0.2) is 14.2 Å². The topological polar surface area (TPSA) is 153 Å². The van der Waals surface area contributed by atoms with Crippen LogP contribution in [0.4, 0.5) is 21.9 Å². The lowest BCUT2D eigenvalue weighted by Gasteiger charge is -2.31. The predicted octanol–water partition coefficient (Wildman–Crippen LogP) is 8.55. The van der Waals surface area contributed by atoms with E-state index < -0.39 is 32.2 Å². The summed E-state index contributed by atoms with van der Waals surface area (Å²) in [4.78, 5) is 51.4. The molecule has 1 aliphatic carbocycles. The quantitative estimate of drug-likeness (QED) is 0.0620. The van der Waals surface area contributed by atoms with Crippen LogP contribution in [0, 0.1) is 18.8 Å². The number of benzene rings is 3. The third-order valence-electron chi connectivity index (χ3n) is 8.48. The summed E-state index contributed by atoms with van der Waals surface area (Å²) in [7, 11) is -4.58. The zero-order valence-corrected chi connectivity index (χ0v) is 31.8. The second-order valence-electron chi connectivity index (χ2n) is 14.1. The normalized spacial score (nSPS) is 15.0. The Morgan fingerprint density at radius 2 is 1.56 bits per heavy atom. The summed E-state index contributed by atoms with van der Waals surface area (Å²) in [6.45, 7) is 13.3. The number of hydrogen-bond acceptors (Lipinski definition) is 9. The molecule has 0 bridgehead atoms. The predicted molar refractivity (Wildman–Crippen MR) is 201 cm³/mol. The van der Waals surface area contributed by atoms with Crippen LogP contribution in [0.2, 0.25) is 0 Å². The maximum absolute atomic E-state index is 13.2. The van der Waals surface area contributed by atoms with Crippen LogP contribution in [-0.2, 0) is 39.3 Å². The van der Waals surface area contributed by atoms with Gasteiger partial charge in [0.05, 0.1) is 24.4 Å². The average Bonchev–Trinajstić information content (AvgIpc) is 3.87. The fourth-order valence-electron chi connectivity index (χ4n) is 5.72. The number of urea groups is 1. The van der Waals surface area contributed by atoms with Gasteiger partial charge in [0.25, 0.3) is 0 Å². The molecule has 0 heterocycles. The first-order valence-electron chi connectivity index (χ1n) is 17.8. The van der Waals surface area contributed by atoms with Crippen LogP contribution in [0.1, 0.15) is 82.9 Å². The number of hydrogen-bond donors (Lipinski definition) is 3. The SMILES string of the molecule is CC[C@@H](CC(=O)OCOC(=O)C1(OP(=O)(O)OCc2ccccc2)CC1)c1ccc(N(CC(C)C)CC(C)C)c(NC(=O)Nc2ccc(C)cc2)c1. The Morgan fingerprint density at radius 1 is 0.904 bits per heavy atom. The van der Waals surface area contributed by atoms with Crippen molar-refractivity contribution in [3.05, 3.63) is 89.5 Å². The first-order chi connectivity index (χ1) is 24.7. The first kappa shape index (κ1) is 40.5. The van der Waals surface area contributed by atoms with E-state index in [-0.39, 0.29) is 37.8 Å². The molecular weight excluding hydrogens is 685 g/mol. The molecule has 282 valence electrons. The van der Waals surface area contributed by atoms with E-state index in [1.165, 1.54) is 0 Å². The molecule has 1 fully saturated rings. The highest BCUT2D eigenvalue weighted by Gasteiger charge is 2.57. The fourth-order valence-corrected chi connectivity index (χ4v) is 6.78. The molecule has 2 atom stereocenters. The molecule has 13 heteroatoms. The van der Waals surface area contributed by atoms with Gasteiger partial charge in [-0.1, -0.05) is 88.7 Å². The summed E-state index contributed by atoms with van der Waals surface area (Å²) < 4.78 is 33.2. The Labute approximate surface area is 306 Å². The van der Waals surface area contributed by atoms with Gasteiger partial charge in [-0.2, -0.15) is 0 Å². The van der Waals surface area contributed by atoms with E-state index in [0.717, 1.165) is 29.9 Å². The molecule has 3 aromatic rings. The number of amides is 2. The van der Waals surface area contributed by atoms with Gasteiger partial charge < -0.3 is 29.9 Å². The number of phosphoric ester groups is 1. The summed E-state index contributed by atoms with van der Waals surface area (Å²) in [6.07, 6.45) is 0.914. The number of esters is 2. The molecule has 1 unspecified atom stereocenters. The molecule has 0 radical (unpaired) electrons. The molecule has 4 rings (SSSR count). The summed E-state index contributed by atoms with van der Waals surface area (Å²) in [5, 5.41) is 5.95. The van der Waals surface area contributed by atoms with Gasteiger partial charge in [-0.05, 0) is 79.3 Å². The maximum atomic E-state index is 13.2. The van der Waals surface area contributed by atoms with Crippen molar-refractivity contribution in [3.8, 4) is 0 Å². The highest BCUT2D eigenvalue weighted by molar-refractivity contribution is 7.47. The van der Waals surface area contributed by atoms with Crippen LogP contribution in [0.3, 0.4) is 0 Å². The fraction of sp³-hybridized carbons (Fsp3) is 0.462. The lowest BCUT2D eigenvalue weighted by Crippen LogP contribution is -2.32. The van der Waals surface area contributed by atoms with E-state index in [4.69, 9.17) is 18.5 Å². The number of anilines is 3. The van der Waals surface area contributed by atoms with E-state index >= 15 is 0 Å². The largest absolute Gasteiger partial charge is 0.473 e. The van der Waals surface area contributed by atoms with Crippen LogP contribution in [0.15, 0.2) is 72.8 Å². The number of carbonyl (C=O) groups excluding carboxylic acids is 3. The maximum Gasteiger partial charge on any atom is 0.473 e. The van der Waals surface area contributed by atoms with E-state index in [0.29, 0.717) is 35.2 Å². The van der Waals surface area contributed by atoms with Gasteiger partial charge in [-0.3, -0.25) is 13.8 Å². The number of rotatable bonds is 19. The molecule has 12 nitrogen and oxygen atoms in total. The van der Waals surface area contributed by atoms with Crippen molar-refractivity contribution in [2.75, 3.05) is 35.4 Å². The van der Waals surface area contributed by atoms with Gasteiger partial charge in [0.15, 0.2) is 5.60 Å². The lowest BCUT2D eigenvalue weighted by molar-refractivity contribution is -0.174. The summed E-state index contributed by atoms with van der Waals surface area (Å²) in [6, 6.07) is 21.8. The van der Waals surface area contributed by atoms with Crippen molar-refractivity contribution >= 4 is 42.9 Å². The molecule has 0 saturated heterocycles. The zero-order valence-electron chi connectivity index (χ0n) is 30.9. The van der Waals surface area contributed by atoms with E-state index in [9.17, 15) is 23.8 Å².